The van der Waals surface area contributed by atoms with Gasteiger partial charge in [-0.1, -0.05) is 6.07 Å². The van der Waals surface area contributed by atoms with E-state index in [1.807, 2.05) is 24.4 Å². The number of aliphatic hydroxyl groups is 1. The van der Waals surface area contributed by atoms with E-state index in [9.17, 15) is 5.11 Å². The highest BCUT2D eigenvalue weighted by molar-refractivity contribution is 5.12. The molecule has 1 saturated heterocycles. The maximum atomic E-state index is 9.71. The van der Waals surface area contributed by atoms with Gasteiger partial charge in [-0.2, -0.15) is 0 Å². The maximum Gasteiger partial charge on any atom is 0.117 e. The standard InChI is InChI=1S/C20H27N3O2/c24-17-12-15(13-17)20(19-5-1-2-8-21-19)22-16-6-9-23(10-7-16)14-18-4-3-11-25-18/h1-5,8,11,15-17,20,22,24H,6-7,9-10,12-14H2. The zero-order valence-corrected chi connectivity index (χ0v) is 14.6. The maximum absolute atomic E-state index is 9.71. The molecule has 2 aromatic rings. The second kappa shape index (κ2) is 7.68. The zero-order chi connectivity index (χ0) is 17.1. The molecule has 1 aliphatic carbocycles. The number of likely N-dealkylation sites (tertiary alicyclic amines) is 1. The van der Waals surface area contributed by atoms with Crippen molar-refractivity contribution >= 4 is 0 Å². The van der Waals surface area contributed by atoms with Gasteiger partial charge in [0, 0.05) is 25.3 Å². The van der Waals surface area contributed by atoms with Crippen molar-refractivity contribution in [3.8, 4) is 0 Å². The number of furan rings is 1. The summed E-state index contributed by atoms with van der Waals surface area (Å²) in [6.45, 7) is 3.07. The van der Waals surface area contributed by atoms with Crippen LogP contribution >= 0.6 is 0 Å². The molecule has 4 rings (SSSR count). The summed E-state index contributed by atoms with van der Waals surface area (Å²) in [6.07, 6.45) is 7.52. The smallest absolute Gasteiger partial charge is 0.117 e. The lowest BCUT2D eigenvalue weighted by Crippen LogP contribution is -2.47. The summed E-state index contributed by atoms with van der Waals surface area (Å²) >= 11 is 0. The molecule has 1 unspecified atom stereocenters. The fraction of sp³-hybridized carbons (Fsp3) is 0.550. The summed E-state index contributed by atoms with van der Waals surface area (Å²) in [5.41, 5.74) is 1.11. The van der Waals surface area contributed by atoms with Crippen LogP contribution in [0.1, 0.15) is 43.2 Å². The Hall–Kier alpha value is -1.69. The first-order chi connectivity index (χ1) is 12.3. The first kappa shape index (κ1) is 16.8. The quantitative estimate of drug-likeness (QED) is 0.846. The van der Waals surface area contributed by atoms with Crippen molar-refractivity contribution < 1.29 is 9.52 Å². The van der Waals surface area contributed by atoms with Gasteiger partial charge in [0.1, 0.15) is 5.76 Å². The van der Waals surface area contributed by atoms with Crippen LogP contribution in [0.4, 0.5) is 0 Å². The zero-order valence-electron chi connectivity index (χ0n) is 14.6. The van der Waals surface area contributed by atoms with Gasteiger partial charge in [-0.15, -0.1) is 0 Å². The predicted octanol–water partition coefficient (Wildman–Crippen LogP) is 2.74. The number of pyridine rings is 1. The Morgan fingerprint density at radius 2 is 2.04 bits per heavy atom. The molecule has 25 heavy (non-hydrogen) atoms. The van der Waals surface area contributed by atoms with E-state index in [2.05, 4.69) is 27.3 Å². The van der Waals surface area contributed by atoms with Gasteiger partial charge in [0.25, 0.3) is 0 Å². The molecule has 1 atom stereocenters. The Labute approximate surface area is 149 Å². The topological polar surface area (TPSA) is 61.5 Å². The normalized spacial score (nSPS) is 26.3. The number of rotatable bonds is 6. The Bertz CT molecular complexity index is 632. The van der Waals surface area contributed by atoms with E-state index in [1.54, 1.807) is 6.26 Å². The van der Waals surface area contributed by atoms with Crippen LogP contribution in [0.15, 0.2) is 47.2 Å². The third kappa shape index (κ3) is 4.11. The summed E-state index contributed by atoms with van der Waals surface area (Å²) in [7, 11) is 0. The minimum atomic E-state index is -0.131. The highest BCUT2D eigenvalue weighted by atomic mass is 16.3. The van der Waals surface area contributed by atoms with E-state index in [4.69, 9.17) is 4.42 Å². The molecule has 2 aliphatic rings. The Morgan fingerprint density at radius 1 is 1.20 bits per heavy atom. The summed E-state index contributed by atoms with van der Waals surface area (Å²) in [6, 6.07) is 10.9. The van der Waals surface area contributed by atoms with Crippen molar-refractivity contribution in [3.63, 3.8) is 0 Å². The van der Waals surface area contributed by atoms with E-state index in [0.29, 0.717) is 12.0 Å². The van der Waals surface area contributed by atoms with Crippen LogP contribution in [0.25, 0.3) is 0 Å². The second-order valence-electron chi connectivity index (χ2n) is 7.41. The first-order valence-electron chi connectivity index (χ1n) is 9.37. The molecule has 134 valence electrons. The molecular weight excluding hydrogens is 314 g/mol. The van der Waals surface area contributed by atoms with Crippen LogP contribution in [0.3, 0.4) is 0 Å². The van der Waals surface area contributed by atoms with Gasteiger partial charge < -0.3 is 14.8 Å². The van der Waals surface area contributed by atoms with Crippen LogP contribution in [0.5, 0.6) is 0 Å². The van der Waals surface area contributed by atoms with Crippen molar-refractivity contribution in [1.82, 2.24) is 15.2 Å². The fourth-order valence-electron chi connectivity index (χ4n) is 4.06. The molecule has 3 heterocycles. The molecule has 5 heteroatoms. The molecule has 0 bridgehead atoms. The van der Waals surface area contributed by atoms with E-state index in [1.165, 1.54) is 0 Å². The van der Waals surface area contributed by atoms with Gasteiger partial charge >= 0.3 is 0 Å². The first-order valence-corrected chi connectivity index (χ1v) is 9.37. The molecule has 1 saturated carbocycles. The highest BCUT2D eigenvalue weighted by Crippen LogP contribution is 2.38. The number of piperidine rings is 1. The van der Waals surface area contributed by atoms with Gasteiger partial charge in [-0.3, -0.25) is 9.88 Å². The number of aromatic nitrogens is 1. The van der Waals surface area contributed by atoms with Gasteiger partial charge in [-0.25, -0.2) is 0 Å². The van der Waals surface area contributed by atoms with Crippen molar-refractivity contribution in [2.75, 3.05) is 13.1 Å². The third-order valence-corrected chi connectivity index (χ3v) is 5.59. The van der Waals surface area contributed by atoms with E-state index < -0.39 is 0 Å². The van der Waals surface area contributed by atoms with Crippen molar-refractivity contribution in [2.24, 2.45) is 5.92 Å². The monoisotopic (exact) mass is 341 g/mol. The predicted molar refractivity (Wildman–Crippen MR) is 95.9 cm³/mol. The third-order valence-electron chi connectivity index (χ3n) is 5.59. The van der Waals surface area contributed by atoms with Gasteiger partial charge in [0.15, 0.2) is 0 Å². The van der Waals surface area contributed by atoms with Crippen LogP contribution in [-0.4, -0.2) is 40.2 Å². The van der Waals surface area contributed by atoms with Crippen LogP contribution < -0.4 is 5.32 Å². The van der Waals surface area contributed by atoms with Crippen LogP contribution in [0.2, 0.25) is 0 Å². The van der Waals surface area contributed by atoms with Gasteiger partial charge in [-0.05, 0) is 55.9 Å². The van der Waals surface area contributed by atoms with Crippen LogP contribution in [0, 0.1) is 5.92 Å². The molecule has 2 aromatic heterocycles. The Kier molecular flexibility index (Phi) is 5.15. The fourth-order valence-corrected chi connectivity index (χ4v) is 4.06. The average molecular weight is 341 g/mol. The largest absolute Gasteiger partial charge is 0.468 e. The minimum Gasteiger partial charge on any atom is -0.468 e. The molecule has 0 radical (unpaired) electrons. The number of hydrogen-bond acceptors (Lipinski definition) is 5. The SMILES string of the molecule is OC1CC(C(NC2CCN(Cc3ccco3)CC2)c2ccccn2)C1. The number of hydrogen-bond donors (Lipinski definition) is 2. The molecule has 1 aliphatic heterocycles. The van der Waals surface area contributed by atoms with E-state index in [-0.39, 0.29) is 12.1 Å². The average Bonchev–Trinajstić information content (AvgIpc) is 3.12. The number of nitrogens with zero attached hydrogens (tertiary/aromatic N) is 2. The minimum absolute atomic E-state index is 0.131. The molecule has 2 fully saturated rings. The van der Waals surface area contributed by atoms with E-state index >= 15 is 0 Å². The molecule has 0 aromatic carbocycles. The highest BCUT2D eigenvalue weighted by Gasteiger charge is 2.36. The lowest BCUT2D eigenvalue weighted by molar-refractivity contribution is 0.0187. The van der Waals surface area contributed by atoms with Gasteiger partial charge in [0.2, 0.25) is 0 Å². The summed E-state index contributed by atoms with van der Waals surface area (Å²) < 4.78 is 5.46. The van der Waals surface area contributed by atoms with Crippen molar-refractivity contribution in [1.29, 1.82) is 0 Å². The number of nitrogens with one attached hydrogen (secondary N) is 1. The summed E-state index contributed by atoms with van der Waals surface area (Å²) in [5, 5.41) is 13.6. The van der Waals surface area contributed by atoms with Crippen molar-refractivity contribution in [2.45, 2.75) is 50.4 Å². The lowest BCUT2D eigenvalue weighted by Gasteiger charge is -2.41. The summed E-state index contributed by atoms with van der Waals surface area (Å²) in [5.74, 6) is 1.53. The molecule has 5 nitrogen and oxygen atoms in total. The molecule has 0 spiro atoms. The van der Waals surface area contributed by atoms with Crippen LogP contribution in [-0.2, 0) is 6.54 Å². The van der Waals surface area contributed by atoms with E-state index in [0.717, 1.165) is 56.8 Å². The lowest BCUT2D eigenvalue weighted by atomic mass is 9.75. The molecular formula is C20H27N3O2. The Balaban J connectivity index is 1.33. The second-order valence-corrected chi connectivity index (χ2v) is 7.41. The van der Waals surface area contributed by atoms with Crippen molar-refractivity contribution in [3.05, 3.63) is 54.2 Å². The molecule has 0 amide bonds. The summed E-state index contributed by atoms with van der Waals surface area (Å²) in [4.78, 5) is 7.03. The molecule has 2 N–H and O–H groups in total. The number of aliphatic hydroxyl groups excluding tert-OH is 1. The Morgan fingerprint density at radius 3 is 2.68 bits per heavy atom. The van der Waals surface area contributed by atoms with Gasteiger partial charge in [0.05, 0.1) is 30.6 Å².